The van der Waals surface area contributed by atoms with E-state index in [1.165, 1.54) is 30.4 Å². The van der Waals surface area contributed by atoms with Crippen molar-refractivity contribution in [2.45, 2.75) is 17.9 Å². The number of esters is 1. The van der Waals surface area contributed by atoms with E-state index in [1.807, 2.05) is 30.3 Å². The fourth-order valence-electron chi connectivity index (χ4n) is 3.45. The zero-order valence-corrected chi connectivity index (χ0v) is 19.9. The molecule has 0 fully saturated rings. The Balaban J connectivity index is 1.45. The molecule has 7 nitrogen and oxygen atoms in total. The molecule has 0 aliphatic carbocycles. The number of nitrogens with zero attached hydrogens (tertiary/aromatic N) is 2. The van der Waals surface area contributed by atoms with E-state index in [9.17, 15) is 13.2 Å². The molecule has 35 heavy (non-hydrogen) atoms. The normalized spacial score (nSPS) is 11.9. The molecule has 0 radical (unpaired) electrons. The third-order valence-electron chi connectivity index (χ3n) is 5.44. The van der Waals surface area contributed by atoms with Crippen LogP contribution in [0.1, 0.15) is 12.5 Å². The van der Waals surface area contributed by atoms with Gasteiger partial charge in [0, 0.05) is 7.05 Å². The first kappa shape index (κ1) is 23.8. The first-order chi connectivity index (χ1) is 16.8. The molecular weight excluding hydrogens is 464 g/mol. The molecule has 4 aromatic rings. The van der Waals surface area contributed by atoms with Crippen LogP contribution in [0.5, 0.6) is 11.5 Å². The number of benzene rings is 4. The van der Waals surface area contributed by atoms with E-state index in [0.717, 1.165) is 10.8 Å². The molecule has 0 spiro atoms. The molecule has 4 aromatic carbocycles. The average Bonchev–Trinajstić information content (AvgIpc) is 2.88. The van der Waals surface area contributed by atoms with E-state index in [0.29, 0.717) is 11.3 Å². The van der Waals surface area contributed by atoms with Gasteiger partial charge in [-0.1, -0.05) is 42.5 Å². The summed E-state index contributed by atoms with van der Waals surface area (Å²) in [5.74, 6) is -0.128. The molecule has 1 unspecified atom stereocenters. The Kier molecular flexibility index (Phi) is 6.71. The van der Waals surface area contributed by atoms with Gasteiger partial charge in [0.05, 0.1) is 16.1 Å². The zero-order chi connectivity index (χ0) is 25.0. The summed E-state index contributed by atoms with van der Waals surface area (Å²) in [6.07, 6.45) is -0.958. The molecule has 0 saturated heterocycles. The number of anilines is 1. The molecule has 1 atom stereocenters. The quantitative estimate of drug-likeness (QED) is 0.272. The molecule has 8 heteroatoms. The molecule has 0 N–H and O–H groups in total. The second-order valence-electron chi connectivity index (χ2n) is 7.76. The van der Waals surface area contributed by atoms with Crippen molar-refractivity contribution in [2.24, 2.45) is 0 Å². The fraction of sp³-hybridized carbons (Fsp3) is 0.111. The summed E-state index contributed by atoms with van der Waals surface area (Å²) in [4.78, 5) is 12.6. The molecule has 4 rings (SSSR count). The van der Waals surface area contributed by atoms with Gasteiger partial charge in [-0.15, -0.1) is 0 Å². The number of nitriles is 1. The van der Waals surface area contributed by atoms with Crippen molar-refractivity contribution in [3.63, 3.8) is 0 Å². The molecule has 0 bridgehead atoms. The van der Waals surface area contributed by atoms with E-state index in [-0.39, 0.29) is 16.4 Å². The Labute approximate surface area is 203 Å². The van der Waals surface area contributed by atoms with Crippen molar-refractivity contribution in [1.82, 2.24) is 0 Å². The third-order valence-corrected chi connectivity index (χ3v) is 7.22. The van der Waals surface area contributed by atoms with Gasteiger partial charge in [0.25, 0.3) is 10.0 Å². The Morgan fingerprint density at radius 3 is 2.29 bits per heavy atom. The van der Waals surface area contributed by atoms with Gasteiger partial charge in [-0.3, -0.25) is 4.31 Å². The Morgan fingerprint density at radius 2 is 1.57 bits per heavy atom. The molecule has 0 saturated carbocycles. The molecule has 0 aliphatic heterocycles. The molecule has 0 heterocycles. The van der Waals surface area contributed by atoms with Crippen LogP contribution < -0.4 is 13.8 Å². The highest BCUT2D eigenvalue weighted by Crippen LogP contribution is 2.27. The largest absolute Gasteiger partial charge is 0.478 e. The van der Waals surface area contributed by atoms with Crippen LogP contribution >= 0.6 is 0 Å². The number of rotatable bonds is 7. The lowest BCUT2D eigenvalue weighted by molar-refractivity contribution is -0.141. The fourth-order valence-corrected chi connectivity index (χ4v) is 4.68. The van der Waals surface area contributed by atoms with Crippen LogP contribution in [-0.4, -0.2) is 27.5 Å². The number of hydrogen-bond acceptors (Lipinski definition) is 6. The average molecular weight is 487 g/mol. The topological polar surface area (TPSA) is 96.7 Å². The van der Waals surface area contributed by atoms with Gasteiger partial charge in [-0.05, 0) is 66.2 Å². The molecule has 0 aromatic heterocycles. The lowest BCUT2D eigenvalue weighted by Crippen LogP contribution is -2.29. The lowest BCUT2D eigenvalue weighted by atomic mass is 10.1. The maximum Gasteiger partial charge on any atom is 0.352 e. The van der Waals surface area contributed by atoms with E-state index in [2.05, 4.69) is 0 Å². The highest BCUT2D eigenvalue weighted by molar-refractivity contribution is 7.92. The van der Waals surface area contributed by atoms with E-state index < -0.39 is 22.1 Å². The minimum atomic E-state index is -3.79. The van der Waals surface area contributed by atoms with Gasteiger partial charge < -0.3 is 9.47 Å². The van der Waals surface area contributed by atoms with Gasteiger partial charge in [-0.2, -0.15) is 5.26 Å². The number of carbonyl (C=O) groups is 1. The highest BCUT2D eigenvalue weighted by atomic mass is 32.2. The SMILES string of the molecule is CC(Oc1ccccc1C#N)C(=O)Oc1ccc(N(C)S(=O)(=O)c2ccc3ccccc3c2)cc1. The smallest absolute Gasteiger partial charge is 0.352 e. The van der Waals surface area contributed by atoms with Crippen LogP contribution in [0.3, 0.4) is 0 Å². The summed E-state index contributed by atoms with van der Waals surface area (Å²) in [5, 5.41) is 10.9. The monoisotopic (exact) mass is 486 g/mol. The predicted molar refractivity (Wildman–Crippen MR) is 133 cm³/mol. The first-order valence-electron chi connectivity index (χ1n) is 10.7. The third kappa shape index (κ3) is 5.10. The van der Waals surface area contributed by atoms with E-state index in [4.69, 9.17) is 14.7 Å². The van der Waals surface area contributed by atoms with Crippen molar-refractivity contribution in [3.8, 4) is 17.6 Å². The number of ether oxygens (including phenoxy) is 2. The van der Waals surface area contributed by atoms with Crippen LogP contribution in [0.4, 0.5) is 5.69 Å². The maximum absolute atomic E-state index is 13.2. The summed E-state index contributed by atoms with van der Waals surface area (Å²) >= 11 is 0. The van der Waals surface area contributed by atoms with Crippen LogP contribution in [0, 0.1) is 11.3 Å². The van der Waals surface area contributed by atoms with Crippen molar-refractivity contribution >= 4 is 32.5 Å². The number of carbonyl (C=O) groups excluding carboxylic acids is 1. The Hall–Kier alpha value is -4.35. The Bertz CT molecular complexity index is 1530. The standard InChI is InChI=1S/C27H22N2O5S/c1-19(33-26-10-6-5-9-22(26)18-28)27(30)34-24-14-12-23(13-15-24)29(2)35(31,32)25-16-11-20-7-3-4-8-21(20)17-25/h3-17,19H,1-2H3. The minimum Gasteiger partial charge on any atom is -0.478 e. The number of hydrogen-bond donors (Lipinski definition) is 0. The molecule has 176 valence electrons. The number of fused-ring (bicyclic) bond motifs is 1. The lowest BCUT2D eigenvalue weighted by Gasteiger charge is -2.20. The van der Waals surface area contributed by atoms with Crippen LogP contribution in [0.15, 0.2) is 95.9 Å². The zero-order valence-electron chi connectivity index (χ0n) is 19.1. The molecule has 0 aliphatic rings. The highest BCUT2D eigenvalue weighted by Gasteiger charge is 2.23. The second kappa shape index (κ2) is 9.87. The first-order valence-corrected chi connectivity index (χ1v) is 12.2. The van der Waals surface area contributed by atoms with Crippen LogP contribution in [0.25, 0.3) is 10.8 Å². The van der Waals surface area contributed by atoms with Crippen LogP contribution in [-0.2, 0) is 14.8 Å². The molecule has 0 amide bonds. The predicted octanol–water partition coefficient (Wildman–Crippen LogP) is 4.91. The number of sulfonamides is 1. The number of para-hydroxylation sites is 1. The van der Waals surface area contributed by atoms with Crippen molar-refractivity contribution < 1.29 is 22.7 Å². The van der Waals surface area contributed by atoms with Gasteiger partial charge in [0.1, 0.15) is 17.6 Å². The summed E-state index contributed by atoms with van der Waals surface area (Å²) in [7, 11) is -2.33. The maximum atomic E-state index is 13.2. The van der Waals surface area contributed by atoms with Gasteiger partial charge in [-0.25, -0.2) is 13.2 Å². The summed E-state index contributed by atoms with van der Waals surface area (Å²) in [6.45, 7) is 1.52. The van der Waals surface area contributed by atoms with Gasteiger partial charge in [0.15, 0.2) is 6.10 Å². The molecular formula is C27H22N2O5S. The van der Waals surface area contributed by atoms with Crippen LogP contribution in [0.2, 0.25) is 0 Å². The van der Waals surface area contributed by atoms with Crippen molar-refractivity contribution in [3.05, 3.63) is 96.6 Å². The Morgan fingerprint density at radius 1 is 0.914 bits per heavy atom. The summed E-state index contributed by atoms with van der Waals surface area (Å²) in [5.41, 5.74) is 0.720. The van der Waals surface area contributed by atoms with E-state index in [1.54, 1.807) is 54.6 Å². The second-order valence-corrected chi connectivity index (χ2v) is 9.73. The summed E-state index contributed by atoms with van der Waals surface area (Å²) in [6, 6.07) is 27.3. The van der Waals surface area contributed by atoms with Crippen molar-refractivity contribution in [1.29, 1.82) is 5.26 Å². The van der Waals surface area contributed by atoms with Crippen molar-refractivity contribution in [2.75, 3.05) is 11.4 Å². The minimum absolute atomic E-state index is 0.179. The van der Waals surface area contributed by atoms with Gasteiger partial charge in [0.2, 0.25) is 0 Å². The van der Waals surface area contributed by atoms with Gasteiger partial charge >= 0.3 is 5.97 Å². The van der Waals surface area contributed by atoms with E-state index >= 15 is 0 Å². The summed E-state index contributed by atoms with van der Waals surface area (Å²) < 4.78 is 38.4.